The molecule has 10 heteroatoms. The highest BCUT2D eigenvalue weighted by atomic mass is 19.1. The van der Waals surface area contributed by atoms with Crippen molar-refractivity contribution in [1.29, 1.82) is 5.41 Å². The number of H-pyrrole nitrogens is 2. The van der Waals surface area contributed by atoms with Gasteiger partial charge in [-0.25, -0.2) is 23.7 Å². The average molecular weight is 392 g/mol. The molecule has 144 valence electrons. The molecule has 0 atom stereocenters. The van der Waals surface area contributed by atoms with E-state index >= 15 is 0 Å². The predicted molar refractivity (Wildman–Crippen MR) is 103 cm³/mol. The van der Waals surface area contributed by atoms with E-state index in [4.69, 9.17) is 11.1 Å². The molecule has 0 saturated carbocycles. The van der Waals surface area contributed by atoms with Gasteiger partial charge < -0.3 is 20.3 Å². The first-order valence-electron chi connectivity index (χ1n) is 8.67. The van der Waals surface area contributed by atoms with Crippen molar-refractivity contribution < 1.29 is 8.78 Å². The maximum Gasteiger partial charge on any atom is 0.178 e. The Morgan fingerprint density at radius 2 is 1.90 bits per heavy atom. The molecule has 0 bridgehead atoms. The van der Waals surface area contributed by atoms with Gasteiger partial charge in [0.15, 0.2) is 11.6 Å². The first-order chi connectivity index (χ1) is 14.0. The molecule has 0 aliphatic carbocycles. The van der Waals surface area contributed by atoms with Crippen molar-refractivity contribution >= 4 is 27.9 Å². The number of benzene rings is 2. The number of fused-ring (bicyclic) bond motifs is 2. The quantitative estimate of drug-likeness (QED) is 0.277. The van der Waals surface area contributed by atoms with E-state index in [9.17, 15) is 8.78 Å². The van der Waals surface area contributed by atoms with Crippen LogP contribution in [0.1, 0.15) is 17.2 Å². The zero-order valence-corrected chi connectivity index (χ0v) is 14.9. The second kappa shape index (κ2) is 6.23. The predicted octanol–water partition coefficient (Wildman–Crippen LogP) is 2.78. The van der Waals surface area contributed by atoms with E-state index in [0.29, 0.717) is 22.7 Å². The van der Waals surface area contributed by atoms with Crippen LogP contribution in [0.3, 0.4) is 0 Å². The van der Waals surface area contributed by atoms with E-state index < -0.39 is 11.6 Å². The lowest BCUT2D eigenvalue weighted by Crippen LogP contribution is -2.10. The van der Waals surface area contributed by atoms with Gasteiger partial charge in [0.05, 0.1) is 29.3 Å². The number of halogens is 2. The number of nitrogens with zero attached hydrogens (tertiary/aromatic N) is 4. The summed E-state index contributed by atoms with van der Waals surface area (Å²) < 4.78 is 30.6. The minimum atomic E-state index is -0.767. The van der Waals surface area contributed by atoms with Crippen LogP contribution in [0.4, 0.5) is 8.78 Å². The van der Waals surface area contributed by atoms with E-state index in [-0.39, 0.29) is 29.0 Å². The molecule has 5 aromatic rings. The summed E-state index contributed by atoms with van der Waals surface area (Å²) in [5, 5.41) is 7.52. The summed E-state index contributed by atoms with van der Waals surface area (Å²) in [6.07, 6.45) is 4.49. The summed E-state index contributed by atoms with van der Waals surface area (Å²) in [7, 11) is 0. The number of nitrogen functional groups attached to an aromatic ring is 1. The summed E-state index contributed by atoms with van der Waals surface area (Å²) in [4.78, 5) is 18.7. The van der Waals surface area contributed by atoms with Crippen LogP contribution in [0.25, 0.3) is 27.8 Å². The first-order valence-corrected chi connectivity index (χ1v) is 8.67. The number of rotatable bonds is 4. The Balaban J connectivity index is 1.53. The van der Waals surface area contributed by atoms with Gasteiger partial charge >= 0.3 is 0 Å². The van der Waals surface area contributed by atoms with Gasteiger partial charge in [0, 0.05) is 24.0 Å². The zero-order chi connectivity index (χ0) is 20.1. The lowest BCUT2D eigenvalue weighted by Gasteiger charge is -2.05. The van der Waals surface area contributed by atoms with Gasteiger partial charge in [0.1, 0.15) is 28.7 Å². The second-order valence-electron chi connectivity index (χ2n) is 6.58. The van der Waals surface area contributed by atoms with Crippen LogP contribution in [0.15, 0.2) is 43.0 Å². The molecule has 0 spiro atoms. The van der Waals surface area contributed by atoms with E-state index in [2.05, 4.69) is 24.9 Å². The fourth-order valence-electron chi connectivity index (χ4n) is 3.30. The van der Waals surface area contributed by atoms with Crippen LogP contribution >= 0.6 is 0 Å². The number of hydrogen-bond donors (Lipinski definition) is 4. The molecule has 0 amide bonds. The Kier molecular flexibility index (Phi) is 3.66. The van der Waals surface area contributed by atoms with Gasteiger partial charge in [-0.15, -0.1) is 0 Å². The monoisotopic (exact) mass is 392 g/mol. The second-order valence-corrected chi connectivity index (χ2v) is 6.58. The largest absolute Gasteiger partial charge is 0.384 e. The van der Waals surface area contributed by atoms with Crippen LogP contribution in [0.2, 0.25) is 0 Å². The van der Waals surface area contributed by atoms with Crippen molar-refractivity contribution in [2.75, 3.05) is 0 Å². The molecule has 0 fully saturated rings. The zero-order valence-electron chi connectivity index (χ0n) is 14.9. The van der Waals surface area contributed by atoms with Gasteiger partial charge in [0.25, 0.3) is 0 Å². The molecule has 2 aromatic carbocycles. The van der Waals surface area contributed by atoms with Crippen molar-refractivity contribution in [3.8, 4) is 5.69 Å². The minimum Gasteiger partial charge on any atom is -0.384 e. The Labute approximate surface area is 161 Å². The van der Waals surface area contributed by atoms with E-state index in [1.165, 1.54) is 29.4 Å². The molecule has 0 aliphatic heterocycles. The van der Waals surface area contributed by atoms with Crippen LogP contribution in [0.5, 0.6) is 0 Å². The van der Waals surface area contributed by atoms with Gasteiger partial charge in [-0.3, -0.25) is 5.41 Å². The number of aromatic nitrogens is 6. The summed E-state index contributed by atoms with van der Waals surface area (Å²) in [6, 6.07) is 6.43. The Hall–Kier alpha value is -4.08. The van der Waals surface area contributed by atoms with Crippen molar-refractivity contribution in [3.63, 3.8) is 0 Å². The van der Waals surface area contributed by atoms with Crippen molar-refractivity contribution in [2.45, 2.75) is 6.42 Å². The summed E-state index contributed by atoms with van der Waals surface area (Å²) in [5.41, 5.74) is 7.59. The Bertz CT molecular complexity index is 1380. The third kappa shape index (κ3) is 2.81. The standard InChI is InChI=1S/C19H14F2N8/c20-10-6-13-17(16(21)18(10)29-4-3-24-8-29)28-15(27-13)7-14-25-11-2-1-9(19(22)23)5-12(11)26-14/h1-6,8H,7H2,(H3,22,23)(H,25,26)(H,27,28). The number of nitrogens with two attached hydrogens (primary N) is 1. The lowest BCUT2D eigenvalue weighted by molar-refractivity contribution is 0.576. The molecule has 0 radical (unpaired) electrons. The number of aromatic amines is 2. The summed E-state index contributed by atoms with van der Waals surface area (Å²) >= 11 is 0. The molecule has 0 unspecified atom stereocenters. The lowest BCUT2D eigenvalue weighted by atomic mass is 10.2. The fraction of sp³-hybridized carbons (Fsp3) is 0.0526. The topological polar surface area (TPSA) is 125 Å². The molecule has 3 aromatic heterocycles. The molecule has 3 heterocycles. The molecule has 5 rings (SSSR count). The molecular weight excluding hydrogens is 378 g/mol. The SMILES string of the molecule is N=C(N)c1ccc2[nH]c(Cc3nc4c(F)c(-n5ccnc5)c(F)cc4[nH]3)nc2c1. The van der Waals surface area contributed by atoms with Crippen molar-refractivity contribution in [1.82, 2.24) is 29.5 Å². The molecule has 29 heavy (non-hydrogen) atoms. The molecular formula is C19H14F2N8. The van der Waals surface area contributed by atoms with Crippen molar-refractivity contribution in [2.24, 2.45) is 5.73 Å². The van der Waals surface area contributed by atoms with Crippen LogP contribution in [-0.2, 0) is 6.42 Å². The molecule has 0 aliphatic rings. The van der Waals surface area contributed by atoms with Gasteiger partial charge in [-0.2, -0.15) is 0 Å². The number of hydrogen-bond acceptors (Lipinski definition) is 4. The van der Waals surface area contributed by atoms with E-state index in [0.717, 1.165) is 5.52 Å². The number of imidazole rings is 3. The summed E-state index contributed by atoms with van der Waals surface area (Å²) in [6.45, 7) is 0. The first kappa shape index (κ1) is 17.0. The third-order valence-electron chi connectivity index (χ3n) is 4.63. The average Bonchev–Trinajstić information content (AvgIpc) is 3.40. The molecule has 8 nitrogen and oxygen atoms in total. The maximum atomic E-state index is 14.9. The number of nitrogens with one attached hydrogen (secondary N) is 3. The van der Waals surface area contributed by atoms with E-state index in [1.54, 1.807) is 18.2 Å². The van der Waals surface area contributed by atoms with Crippen molar-refractivity contribution in [3.05, 3.63) is 71.8 Å². The van der Waals surface area contributed by atoms with Gasteiger partial charge in [0.2, 0.25) is 0 Å². The van der Waals surface area contributed by atoms with Gasteiger partial charge in [-0.05, 0) is 18.2 Å². The third-order valence-corrected chi connectivity index (χ3v) is 4.63. The van der Waals surface area contributed by atoms with Gasteiger partial charge in [-0.1, -0.05) is 0 Å². The van der Waals surface area contributed by atoms with Crippen LogP contribution < -0.4 is 5.73 Å². The highest BCUT2D eigenvalue weighted by Crippen LogP contribution is 2.26. The number of amidine groups is 1. The highest BCUT2D eigenvalue weighted by Gasteiger charge is 2.19. The Morgan fingerprint density at radius 1 is 1.10 bits per heavy atom. The van der Waals surface area contributed by atoms with Crippen LogP contribution in [0, 0.1) is 17.0 Å². The van der Waals surface area contributed by atoms with E-state index in [1.807, 2.05) is 0 Å². The maximum absolute atomic E-state index is 14.9. The Morgan fingerprint density at radius 3 is 2.66 bits per heavy atom. The smallest absolute Gasteiger partial charge is 0.178 e. The normalized spacial score (nSPS) is 11.5. The highest BCUT2D eigenvalue weighted by molar-refractivity contribution is 5.97. The van der Waals surface area contributed by atoms with Crippen LogP contribution in [-0.4, -0.2) is 35.3 Å². The fourth-order valence-corrected chi connectivity index (χ4v) is 3.30. The summed E-state index contributed by atoms with van der Waals surface area (Å²) in [5.74, 6) is -0.498. The molecule has 0 saturated heterocycles. The minimum absolute atomic E-state index is 0.0417. The molecule has 5 N–H and O–H groups in total.